The van der Waals surface area contributed by atoms with Crippen LogP contribution in [0.25, 0.3) is 0 Å². The lowest BCUT2D eigenvalue weighted by molar-refractivity contribution is -0.144. The zero-order valence-corrected chi connectivity index (χ0v) is 8.74. The molecule has 0 saturated heterocycles. The zero-order valence-electron chi connectivity index (χ0n) is 8.74. The van der Waals surface area contributed by atoms with Crippen molar-refractivity contribution in [3.05, 3.63) is 0 Å². The molecule has 2 heteroatoms. The van der Waals surface area contributed by atoms with Crippen LogP contribution in [-0.2, 0) is 4.79 Å². The van der Waals surface area contributed by atoms with E-state index in [9.17, 15) is 4.79 Å². The molecule has 0 amide bonds. The molecular weight excluding hydrogens is 176 g/mol. The molecule has 0 heterocycles. The maximum absolute atomic E-state index is 11.1. The lowest BCUT2D eigenvalue weighted by Crippen LogP contribution is -2.21. The van der Waals surface area contributed by atoms with Crippen molar-refractivity contribution >= 4 is 5.97 Å². The van der Waals surface area contributed by atoms with E-state index in [1.54, 1.807) is 0 Å². The number of hydrogen-bond acceptors (Lipinski definition) is 1. The van der Waals surface area contributed by atoms with Crippen LogP contribution in [0.5, 0.6) is 0 Å². The Morgan fingerprint density at radius 1 is 1.21 bits per heavy atom. The fourth-order valence-corrected chi connectivity index (χ4v) is 2.74. The molecule has 2 aliphatic carbocycles. The van der Waals surface area contributed by atoms with Gasteiger partial charge in [0.25, 0.3) is 0 Å². The molecule has 0 aliphatic heterocycles. The summed E-state index contributed by atoms with van der Waals surface area (Å²) in [7, 11) is 0. The molecule has 2 saturated carbocycles. The average Bonchev–Trinajstić information content (AvgIpc) is 2.80. The largest absolute Gasteiger partial charge is 0.481 e. The molecule has 0 aromatic carbocycles. The number of carbonyl (C=O) groups is 1. The second-order valence-electron chi connectivity index (χ2n) is 5.01. The Labute approximate surface area is 85.7 Å². The number of hydrogen-bond donors (Lipinski definition) is 1. The molecule has 80 valence electrons. The fraction of sp³-hybridized carbons (Fsp3) is 0.917. The van der Waals surface area contributed by atoms with Crippen molar-refractivity contribution in [3.63, 3.8) is 0 Å². The van der Waals surface area contributed by atoms with Crippen LogP contribution in [0, 0.1) is 17.8 Å². The molecule has 2 nitrogen and oxygen atoms in total. The lowest BCUT2D eigenvalue weighted by Gasteiger charge is -2.18. The Morgan fingerprint density at radius 2 is 1.86 bits per heavy atom. The van der Waals surface area contributed by atoms with Gasteiger partial charge in [0.1, 0.15) is 0 Å². The van der Waals surface area contributed by atoms with Crippen molar-refractivity contribution in [3.8, 4) is 0 Å². The van der Waals surface area contributed by atoms with Gasteiger partial charge >= 0.3 is 5.97 Å². The highest BCUT2D eigenvalue weighted by molar-refractivity contribution is 5.70. The predicted molar refractivity (Wildman–Crippen MR) is 55.0 cm³/mol. The smallest absolute Gasteiger partial charge is 0.306 e. The molecular formula is C12H20O2. The number of aliphatic carboxylic acids is 1. The Morgan fingerprint density at radius 3 is 2.36 bits per heavy atom. The summed E-state index contributed by atoms with van der Waals surface area (Å²) in [4.78, 5) is 11.1. The van der Waals surface area contributed by atoms with Crippen LogP contribution in [0.4, 0.5) is 0 Å². The van der Waals surface area contributed by atoms with E-state index in [1.807, 2.05) is 0 Å². The van der Waals surface area contributed by atoms with Crippen LogP contribution in [-0.4, -0.2) is 11.1 Å². The second-order valence-corrected chi connectivity index (χ2v) is 5.01. The first-order valence-electron chi connectivity index (χ1n) is 6.00. The van der Waals surface area contributed by atoms with Crippen LogP contribution in [0.2, 0.25) is 0 Å². The molecule has 0 bridgehead atoms. The average molecular weight is 196 g/mol. The van der Waals surface area contributed by atoms with Crippen molar-refractivity contribution < 1.29 is 9.90 Å². The van der Waals surface area contributed by atoms with Gasteiger partial charge in [-0.25, -0.2) is 0 Å². The number of carboxylic acids is 1. The number of rotatable bonds is 5. The molecule has 2 rings (SSSR count). The Kier molecular flexibility index (Phi) is 3.09. The zero-order chi connectivity index (χ0) is 9.97. The molecule has 2 aliphatic rings. The van der Waals surface area contributed by atoms with Gasteiger partial charge in [-0.3, -0.25) is 4.79 Å². The van der Waals surface area contributed by atoms with E-state index in [1.165, 1.54) is 25.7 Å². The summed E-state index contributed by atoms with van der Waals surface area (Å²) in [5, 5.41) is 9.17. The van der Waals surface area contributed by atoms with E-state index < -0.39 is 5.97 Å². The van der Waals surface area contributed by atoms with E-state index in [2.05, 4.69) is 0 Å². The molecule has 0 spiro atoms. The maximum atomic E-state index is 11.1. The fourth-order valence-electron chi connectivity index (χ4n) is 2.74. The van der Waals surface area contributed by atoms with Crippen molar-refractivity contribution in [1.82, 2.24) is 0 Å². The van der Waals surface area contributed by atoms with Crippen LogP contribution in [0.3, 0.4) is 0 Å². The Bertz CT molecular complexity index is 202. The third kappa shape index (κ3) is 2.49. The van der Waals surface area contributed by atoms with E-state index in [-0.39, 0.29) is 5.92 Å². The summed E-state index contributed by atoms with van der Waals surface area (Å²) in [6, 6.07) is 0. The first-order chi connectivity index (χ1) is 6.77. The van der Waals surface area contributed by atoms with Gasteiger partial charge < -0.3 is 5.11 Å². The van der Waals surface area contributed by atoms with Crippen LogP contribution in [0.15, 0.2) is 0 Å². The first kappa shape index (κ1) is 10.0. The van der Waals surface area contributed by atoms with E-state index in [0.717, 1.165) is 31.6 Å². The van der Waals surface area contributed by atoms with Gasteiger partial charge in [0.15, 0.2) is 0 Å². The summed E-state index contributed by atoms with van der Waals surface area (Å²) in [5.41, 5.74) is 0. The third-order valence-electron chi connectivity index (χ3n) is 3.87. The molecule has 14 heavy (non-hydrogen) atoms. The van der Waals surface area contributed by atoms with E-state index >= 15 is 0 Å². The van der Waals surface area contributed by atoms with Crippen molar-refractivity contribution in [2.45, 2.75) is 51.4 Å². The summed E-state index contributed by atoms with van der Waals surface area (Å²) in [6.45, 7) is 0. The maximum Gasteiger partial charge on any atom is 0.306 e. The minimum Gasteiger partial charge on any atom is -0.481 e. The highest BCUT2D eigenvalue weighted by atomic mass is 16.4. The molecule has 1 atom stereocenters. The van der Waals surface area contributed by atoms with Gasteiger partial charge in [0.05, 0.1) is 5.92 Å². The first-order valence-corrected chi connectivity index (χ1v) is 6.00. The minimum absolute atomic E-state index is 0.0295. The van der Waals surface area contributed by atoms with E-state index in [4.69, 9.17) is 5.11 Å². The van der Waals surface area contributed by atoms with Gasteiger partial charge in [-0.2, -0.15) is 0 Å². The SMILES string of the molecule is O=C(O)C(CCC1CC1)C1CCCC1. The molecule has 0 aromatic heterocycles. The van der Waals surface area contributed by atoms with Crippen molar-refractivity contribution in [1.29, 1.82) is 0 Å². The predicted octanol–water partition coefficient (Wildman–Crippen LogP) is 3.07. The molecule has 0 radical (unpaired) electrons. The van der Waals surface area contributed by atoms with Gasteiger partial charge in [-0.05, 0) is 37.5 Å². The summed E-state index contributed by atoms with van der Waals surface area (Å²) in [5.74, 6) is 0.792. The standard InChI is InChI=1S/C12H20O2/c13-12(14)11(8-7-9-5-6-9)10-3-1-2-4-10/h9-11H,1-8H2,(H,13,14). The highest BCUT2D eigenvalue weighted by Crippen LogP contribution is 2.39. The van der Waals surface area contributed by atoms with Gasteiger partial charge in [0.2, 0.25) is 0 Å². The van der Waals surface area contributed by atoms with Crippen LogP contribution in [0.1, 0.15) is 51.4 Å². The minimum atomic E-state index is -0.544. The topological polar surface area (TPSA) is 37.3 Å². The highest BCUT2D eigenvalue weighted by Gasteiger charge is 2.32. The molecule has 1 unspecified atom stereocenters. The Balaban J connectivity index is 1.81. The number of carboxylic acid groups (broad SMARTS) is 1. The van der Waals surface area contributed by atoms with Gasteiger partial charge in [-0.1, -0.05) is 25.7 Å². The third-order valence-corrected chi connectivity index (χ3v) is 3.87. The normalized spacial score (nSPS) is 25.1. The van der Waals surface area contributed by atoms with Crippen LogP contribution < -0.4 is 0 Å². The lowest BCUT2D eigenvalue weighted by atomic mass is 9.86. The quantitative estimate of drug-likeness (QED) is 0.733. The Hall–Kier alpha value is -0.530. The molecule has 1 N–H and O–H groups in total. The van der Waals surface area contributed by atoms with Crippen LogP contribution >= 0.6 is 0 Å². The monoisotopic (exact) mass is 196 g/mol. The van der Waals surface area contributed by atoms with E-state index in [0.29, 0.717) is 5.92 Å². The van der Waals surface area contributed by atoms with Gasteiger partial charge in [0, 0.05) is 0 Å². The van der Waals surface area contributed by atoms with Crippen molar-refractivity contribution in [2.75, 3.05) is 0 Å². The summed E-state index contributed by atoms with van der Waals surface area (Å²) >= 11 is 0. The second kappa shape index (κ2) is 4.33. The molecule has 0 aromatic rings. The molecule has 2 fully saturated rings. The summed E-state index contributed by atoms with van der Waals surface area (Å²) < 4.78 is 0. The van der Waals surface area contributed by atoms with Gasteiger partial charge in [-0.15, -0.1) is 0 Å². The summed E-state index contributed by atoms with van der Waals surface area (Å²) in [6.07, 6.45) is 9.59. The van der Waals surface area contributed by atoms with Crippen molar-refractivity contribution in [2.24, 2.45) is 17.8 Å².